The summed E-state index contributed by atoms with van der Waals surface area (Å²) in [5.74, 6) is -1.51. The molecule has 0 aliphatic heterocycles. The molecule has 0 unspecified atom stereocenters. The predicted octanol–water partition coefficient (Wildman–Crippen LogP) is 2.72. The normalized spacial score (nSPS) is 10.4. The van der Waals surface area contributed by atoms with E-state index in [1.165, 1.54) is 18.9 Å². The van der Waals surface area contributed by atoms with Gasteiger partial charge in [0.05, 0.1) is 19.9 Å². The molecule has 0 spiro atoms. The molecule has 1 aromatic heterocycles. The number of aromatic nitrogens is 2. The summed E-state index contributed by atoms with van der Waals surface area (Å²) in [6, 6.07) is 5.64. The number of aryl methyl sites for hydroxylation is 2. The number of hydrogen-bond acceptors (Lipinski definition) is 5. The highest BCUT2D eigenvalue weighted by atomic mass is 35.5. The quantitative estimate of drug-likeness (QED) is 0.813. The molecule has 0 bridgehead atoms. The average Bonchev–Trinajstić information content (AvgIpc) is 2.83. The molecule has 0 saturated heterocycles. The van der Waals surface area contributed by atoms with Crippen molar-refractivity contribution in [2.75, 3.05) is 14.2 Å². The maximum atomic E-state index is 11.9. The summed E-state index contributed by atoms with van der Waals surface area (Å²) < 4.78 is 10.6. The van der Waals surface area contributed by atoms with Crippen molar-refractivity contribution in [1.82, 2.24) is 9.78 Å². The monoisotopic (exact) mass is 322 g/mol. The number of rotatable bonds is 3. The number of halogens is 1. The maximum Gasteiger partial charge on any atom is 0.359 e. The summed E-state index contributed by atoms with van der Waals surface area (Å²) in [4.78, 5) is 23.7. The summed E-state index contributed by atoms with van der Waals surface area (Å²) >= 11 is 6.24. The second-order valence-corrected chi connectivity index (χ2v) is 5.06. The number of carbonyl (C=O) groups excluding carboxylic acids is 2. The lowest BCUT2D eigenvalue weighted by atomic mass is 10.1. The van der Waals surface area contributed by atoms with E-state index in [4.69, 9.17) is 11.6 Å². The molecule has 2 aromatic rings. The molecule has 0 fully saturated rings. The molecule has 0 atom stereocenters. The van der Waals surface area contributed by atoms with E-state index in [9.17, 15) is 9.59 Å². The first-order valence-corrected chi connectivity index (χ1v) is 6.81. The van der Waals surface area contributed by atoms with Crippen LogP contribution in [0.2, 0.25) is 5.15 Å². The largest absolute Gasteiger partial charge is 0.465 e. The number of carbonyl (C=O) groups is 2. The van der Waals surface area contributed by atoms with Crippen LogP contribution in [0.5, 0.6) is 0 Å². The van der Waals surface area contributed by atoms with Crippen molar-refractivity contribution in [3.8, 4) is 5.69 Å². The third kappa shape index (κ3) is 2.69. The van der Waals surface area contributed by atoms with E-state index >= 15 is 0 Å². The SMILES string of the molecule is COC(=O)c1nn(-c2ccc(C)cc2C)c(Cl)c1C(=O)OC. The first-order chi connectivity index (χ1) is 10.4. The predicted molar refractivity (Wildman–Crippen MR) is 80.7 cm³/mol. The lowest BCUT2D eigenvalue weighted by Crippen LogP contribution is -2.10. The number of esters is 2. The molecule has 22 heavy (non-hydrogen) atoms. The van der Waals surface area contributed by atoms with Gasteiger partial charge in [0.2, 0.25) is 0 Å². The lowest BCUT2D eigenvalue weighted by molar-refractivity contribution is 0.0552. The third-order valence-electron chi connectivity index (χ3n) is 3.18. The summed E-state index contributed by atoms with van der Waals surface area (Å²) in [5.41, 5.74) is 2.34. The van der Waals surface area contributed by atoms with Crippen molar-refractivity contribution in [1.29, 1.82) is 0 Å². The highest BCUT2D eigenvalue weighted by Crippen LogP contribution is 2.27. The Morgan fingerprint density at radius 3 is 2.32 bits per heavy atom. The van der Waals surface area contributed by atoms with Crippen molar-refractivity contribution < 1.29 is 19.1 Å². The molecular weight excluding hydrogens is 308 g/mol. The highest BCUT2D eigenvalue weighted by molar-refractivity contribution is 6.33. The van der Waals surface area contributed by atoms with E-state index in [1.54, 1.807) is 0 Å². The second-order valence-electron chi connectivity index (χ2n) is 4.70. The second kappa shape index (κ2) is 6.19. The average molecular weight is 323 g/mol. The standard InChI is InChI=1S/C15H15ClN2O4/c1-8-5-6-10(9(2)7-8)18-13(16)11(14(19)21-3)12(17-18)15(20)22-4/h5-7H,1-4H3. The fraction of sp³-hybridized carbons (Fsp3) is 0.267. The first kappa shape index (κ1) is 16.0. The maximum absolute atomic E-state index is 11.9. The molecule has 116 valence electrons. The van der Waals surface area contributed by atoms with E-state index in [2.05, 4.69) is 14.6 Å². The van der Waals surface area contributed by atoms with Crippen LogP contribution in [0.15, 0.2) is 18.2 Å². The van der Waals surface area contributed by atoms with Gasteiger partial charge in [-0.15, -0.1) is 0 Å². The van der Waals surface area contributed by atoms with Gasteiger partial charge in [-0.1, -0.05) is 29.3 Å². The highest BCUT2D eigenvalue weighted by Gasteiger charge is 2.29. The molecular formula is C15H15ClN2O4. The van der Waals surface area contributed by atoms with Crippen molar-refractivity contribution >= 4 is 23.5 Å². The van der Waals surface area contributed by atoms with Crippen LogP contribution >= 0.6 is 11.6 Å². The van der Waals surface area contributed by atoms with Crippen molar-refractivity contribution in [3.05, 3.63) is 45.7 Å². The van der Waals surface area contributed by atoms with Gasteiger partial charge in [-0.05, 0) is 25.5 Å². The minimum Gasteiger partial charge on any atom is -0.465 e. The van der Waals surface area contributed by atoms with Gasteiger partial charge >= 0.3 is 11.9 Å². The number of methoxy groups -OCH3 is 2. The van der Waals surface area contributed by atoms with Gasteiger partial charge in [0.15, 0.2) is 5.69 Å². The first-order valence-electron chi connectivity index (χ1n) is 6.43. The number of ether oxygens (including phenoxy) is 2. The van der Waals surface area contributed by atoms with Crippen LogP contribution in [-0.2, 0) is 9.47 Å². The van der Waals surface area contributed by atoms with Crippen molar-refractivity contribution in [3.63, 3.8) is 0 Å². The van der Waals surface area contributed by atoms with Crippen LogP contribution in [0.4, 0.5) is 0 Å². The van der Waals surface area contributed by atoms with Crippen LogP contribution in [0.25, 0.3) is 5.69 Å². The molecule has 2 rings (SSSR count). The van der Waals surface area contributed by atoms with Crippen LogP contribution in [-0.4, -0.2) is 35.9 Å². The van der Waals surface area contributed by atoms with Gasteiger partial charge in [-0.3, -0.25) is 0 Å². The van der Waals surface area contributed by atoms with Gasteiger partial charge in [0, 0.05) is 0 Å². The Labute approximate surface area is 132 Å². The Morgan fingerprint density at radius 2 is 1.77 bits per heavy atom. The minimum absolute atomic E-state index is 0.000738. The number of hydrogen-bond donors (Lipinski definition) is 0. The Morgan fingerprint density at radius 1 is 1.14 bits per heavy atom. The van der Waals surface area contributed by atoms with E-state index < -0.39 is 11.9 Å². The Kier molecular flexibility index (Phi) is 4.51. The molecule has 6 nitrogen and oxygen atoms in total. The third-order valence-corrected chi connectivity index (χ3v) is 3.53. The molecule has 1 heterocycles. The van der Waals surface area contributed by atoms with Gasteiger partial charge in [0.25, 0.3) is 0 Å². The molecule has 7 heteroatoms. The van der Waals surface area contributed by atoms with Gasteiger partial charge in [-0.25, -0.2) is 14.3 Å². The summed E-state index contributed by atoms with van der Waals surface area (Å²) in [7, 11) is 2.40. The fourth-order valence-electron chi connectivity index (χ4n) is 2.12. The summed E-state index contributed by atoms with van der Waals surface area (Å²) in [5, 5.41) is 4.12. The zero-order chi connectivity index (χ0) is 16.4. The van der Waals surface area contributed by atoms with Gasteiger partial charge in [0.1, 0.15) is 10.7 Å². The van der Waals surface area contributed by atoms with E-state index in [1.807, 2.05) is 32.0 Å². The van der Waals surface area contributed by atoms with Gasteiger partial charge in [-0.2, -0.15) is 5.10 Å². The Hall–Kier alpha value is -2.34. The zero-order valence-corrected chi connectivity index (χ0v) is 13.4. The number of benzene rings is 1. The molecule has 0 N–H and O–H groups in total. The summed E-state index contributed by atoms with van der Waals surface area (Å²) in [6.07, 6.45) is 0. The van der Waals surface area contributed by atoms with Gasteiger partial charge < -0.3 is 9.47 Å². The molecule has 0 aliphatic rings. The molecule has 0 saturated carbocycles. The van der Waals surface area contributed by atoms with Crippen LogP contribution in [0.1, 0.15) is 32.0 Å². The molecule has 0 aliphatic carbocycles. The lowest BCUT2D eigenvalue weighted by Gasteiger charge is -2.08. The fourth-order valence-corrected chi connectivity index (χ4v) is 2.42. The summed E-state index contributed by atoms with van der Waals surface area (Å²) in [6.45, 7) is 3.84. The van der Waals surface area contributed by atoms with Crippen LogP contribution in [0, 0.1) is 13.8 Å². The van der Waals surface area contributed by atoms with Crippen molar-refractivity contribution in [2.45, 2.75) is 13.8 Å². The number of nitrogens with zero attached hydrogens (tertiary/aromatic N) is 2. The minimum atomic E-state index is -0.759. The molecule has 0 amide bonds. The Balaban J connectivity index is 2.70. The van der Waals surface area contributed by atoms with E-state index in [0.29, 0.717) is 5.69 Å². The van der Waals surface area contributed by atoms with E-state index in [-0.39, 0.29) is 16.4 Å². The van der Waals surface area contributed by atoms with E-state index in [0.717, 1.165) is 11.1 Å². The Bertz CT molecular complexity index is 752. The molecule has 0 radical (unpaired) electrons. The topological polar surface area (TPSA) is 70.4 Å². The smallest absolute Gasteiger partial charge is 0.359 e. The van der Waals surface area contributed by atoms with Crippen LogP contribution < -0.4 is 0 Å². The van der Waals surface area contributed by atoms with Crippen molar-refractivity contribution in [2.24, 2.45) is 0 Å². The van der Waals surface area contributed by atoms with Crippen LogP contribution in [0.3, 0.4) is 0 Å². The molecule has 1 aromatic carbocycles. The zero-order valence-electron chi connectivity index (χ0n) is 12.6.